The van der Waals surface area contributed by atoms with Crippen LogP contribution in [-0.4, -0.2) is 23.4 Å². The molecular weight excluding hydrogens is 314 g/mol. The maximum atomic E-state index is 12.3. The molecule has 0 aliphatic carbocycles. The summed E-state index contributed by atoms with van der Waals surface area (Å²) in [5, 5.41) is 5.64. The summed E-state index contributed by atoms with van der Waals surface area (Å²) in [6.45, 7) is 1.88. The number of nitrogens with one attached hydrogen (secondary N) is 3. The van der Waals surface area contributed by atoms with Crippen molar-refractivity contribution >= 4 is 29.7 Å². The van der Waals surface area contributed by atoms with Gasteiger partial charge in [-0.1, -0.05) is 18.3 Å². The van der Waals surface area contributed by atoms with Gasteiger partial charge in [-0.05, 0) is 36.8 Å². The first-order valence-corrected chi connectivity index (χ1v) is 7.50. The minimum absolute atomic E-state index is 0.0186. The number of aromatic amines is 1. The second kappa shape index (κ2) is 6.21. The normalized spacial score (nSPS) is 14.2. The molecule has 1 aromatic carbocycles. The molecule has 0 unspecified atom stereocenters. The number of pyridine rings is 1. The van der Waals surface area contributed by atoms with Gasteiger partial charge in [0.05, 0.1) is 17.3 Å². The van der Waals surface area contributed by atoms with Gasteiger partial charge in [-0.2, -0.15) is 0 Å². The molecule has 6 nitrogen and oxygen atoms in total. The lowest BCUT2D eigenvalue weighted by atomic mass is 10.1. The summed E-state index contributed by atoms with van der Waals surface area (Å²) >= 11 is 5.11. The predicted octanol–water partition coefficient (Wildman–Crippen LogP) is 2.57. The molecule has 2 heterocycles. The summed E-state index contributed by atoms with van der Waals surface area (Å²) in [7, 11) is 0. The summed E-state index contributed by atoms with van der Waals surface area (Å²) < 4.78 is 5.71. The molecule has 3 rings (SSSR count). The van der Waals surface area contributed by atoms with E-state index in [9.17, 15) is 9.59 Å². The Kier molecular flexibility index (Phi) is 4.12. The molecule has 3 N–H and O–H groups in total. The summed E-state index contributed by atoms with van der Waals surface area (Å²) in [6.07, 6.45) is 1.68. The van der Waals surface area contributed by atoms with Gasteiger partial charge in [-0.15, -0.1) is 0 Å². The van der Waals surface area contributed by atoms with Crippen molar-refractivity contribution in [3.63, 3.8) is 0 Å². The van der Waals surface area contributed by atoms with Gasteiger partial charge in [-0.25, -0.2) is 0 Å². The lowest BCUT2D eigenvalue weighted by Crippen LogP contribution is -2.28. The van der Waals surface area contributed by atoms with Crippen LogP contribution in [0.3, 0.4) is 0 Å². The zero-order valence-corrected chi connectivity index (χ0v) is 13.2. The first kappa shape index (κ1) is 15.2. The lowest BCUT2D eigenvalue weighted by Gasteiger charge is -2.21. The number of benzene rings is 1. The number of fused-ring (bicyclic) bond motifs is 1. The highest BCUT2D eigenvalue weighted by Gasteiger charge is 2.18. The van der Waals surface area contributed by atoms with Crippen molar-refractivity contribution in [1.82, 2.24) is 10.3 Å². The Morgan fingerprint density at radius 2 is 2.22 bits per heavy atom. The van der Waals surface area contributed by atoms with Crippen LogP contribution in [0.15, 0.2) is 36.5 Å². The van der Waals surface area contributed by atoms with Gasteiger partial charge in [0, 0.05) is 6.20 Å². The predicted molar refractivity (Wildman–Crippen MR) is 88.1 cm³/mol. The van der Waals surface area contributed by atoms with Crippen molar-refractivity contribution in [2.75, 3.05) is 11.9 Å². The van der Waals surface area contributed by atoms with E-state index in [1.165, 1.54) is 0 Å². The van der Waals surface area contributed by atoms with Gasteiger partial charge < -0.3 is 20.4 Å². The number of aromatic nitrogens is 1. The van der Waals surface area contributed by atoms with Crippen molar-refractivity contribution in [1.29, 1.82) is 0 Å². The fourth-order valence-electron chi connectivity index (χ4n) is 2.33. The van der Waals surface area contributed by atoms with Crippen molar-refractivity contribution in [3.05, 3.63) is 52.3 Å². The zero-order valence-electron chi connectivity index (χ0n) is 12.4. The Morgan fingerprint density at radius 1 is 1.39 bits per heavy atom. The number of amides is 2. The highest BCUT2D eigenvalue weighted by molar-refractivity contribution is 7.71. The van der Waals surface area contributed by atoms with E-state index in [4.69, 9.17) is 17.0 Å². The topological polar surface area (TPSA) is 83.2 Å². The largest absolute Gasteiger partial charge is 0.482 e. The van der Waals surface area contributed by atoms with E-state index >= 15 is 0 Å². The number of anilines is 1. The number of H-pyrrole nitrogens is 1. The average Bonchev–Trinajstić information content (AvgIpc) is 2.54. The maximum absolute atomic E-state index is 12.3. The molecule has 1 aliphatic rings. The average molecular weight is 329 g/mol. The molecule has 0 saturated heterocycles. The number of rotatable bonds is 3. The molecule has 0 fully saturated rings. The fourth-order valence-corrected chi connectivity index (χ4v) is 2.56. The van der Waals surface area contributed by atoms with Crippen LogP contribution >= 0.6 is 12.2 Å². The molecule has 0 radical (unpaired) electrons. The molecular formula is C16H15N3O3S. The Hall–Kier alpha value is -2.67. The van der Waals surface area contributed by atoms with Crippen LogP contribution in [0.25, 0.3) is 0 Å². The third kappa shape index (κ3) is 3.24. The third-order valence-electron chi connectivity index (χ3n) is 3.55. The van der Waals surface area contributed by atoms with Gasteiger partial charge in [0.25, 0.3) is 11.8 Å². The minimum Gasteiger partial charge on any atom is -0.482 e. The molecule has 23 heavy (non-hydrogen) atoms. The Labute approximate surface area is 137 Å². The SMILES string of the molecule is C[C@H](NC(=O)c1ccc[nH]c1=S)c1ccc2c(c1)NC(=O)CO2. The molecule has 7 heteroatoms. The second-order valence-electron chi connectivity index (χ2n) is 5.20. The summed E-state index contributed by atoms with van der Waals surface area (Å²) in [6, 6.07) is 8.57. The van der Waals surface area contributed by atoms with Gasteiger partial charge in [0.1, 0.15) is 10.4 Å². The van der Waals surface area contributed by atoms with Crippen LogP contribution in [0.1, 0.15) is 28.9 Å². The monoisotopic (exact) mass is 329 g/mol. The van der Waals surface area contributed by atoms with Gasteiger partial charge in [0.15, 0.2) is 6.61 Å². The standard InChI is InChI=1S/C16H15N3O3S/c1-9(18-15(21)11-3-2-6-17-16(11)23)10-4-5-13-12(7-10)19-14(20)8-22-13/h2-7,9H,8H2,1H3,(H,17,23)(H,18,21)(H,19,20)/t9-/m0/s1. The second-order valence-corrected chi connectivity index (χ2v) is 5.61. The van der Waals surface area contributed by atoms with E-state index < -0.39 is 0 Å². The molecule has 1 atom stereocenters. The first-order valence-electron chi connectivity index (χ1n) is 7.10. The first-order chi connectivity index (χ1) is 11.0. The van der Waals surface area contributed by atoms with Crippen LogP contribution in [0.2, 0.25) is 0 Å². The smallest absolute Gasteiger partial charge is 0.262 e. The minimum atomic E-state index is -0.252. The zero-order chi connectivity index (χ0) is 16.4. The Morgan fingerprint density at radius 3 is 3.00 bits per heavy atom. The molecule has 118 valence electrons. The van der Waals surface area contributed by atoms with E-state index in [0.717, 1.165) is 5.56 Å². The van der Waals surface area contributed by atoms with Crippen LogP contribution in [0, 0.1) is 4.64 Å². The van der Waals surface area contributed by atoms with Crippen molar-refractivity contribution in [2.24, 2.45) is 0 Å². The van der Waals surface area contributed by atoms with Crippen molar-refractivity contribution in [3.8, 4) is 5.75 Å². The maximum Gasteiger partial charge on any atom is 0.262 e. The molecule has 0 spiro atoms. The van der Waals surface area contributed by atoms with Crippen molar-refractivity contribution in [2.45, 2.75) is 13.0 Å². The quantitative estimate of drug-likeness (QED) is 0.756. The Balaban J connectivity index is 1.78. The van der Waals surface area contributed by atoms with Crippen LogP contribution in [0.5, 0.6) is 5.75 Å². The van der Waals surface area contributed by atoms with Crippen LogP contribution in [-0.2, 0) is 4.79 Å². The fraction of sp³-hybridized carbons (Fsp3) is 0.188. The highest BCUT2D eigenvalue weighted by Crippen LogP contribution is 2.30. The summed E-state index contributed by atoms with van der Waals surface area (Å²) in [4.78, 5) is 26.5. The summed E-state index contributed by atoms with van der Waals surface area (Å²) in [5.41, 5.74) is 1.88. The Bertz CT molecular complexity index is 831. The number of hydrogen-bond donors (Lipinski definition) is 3. The molecule has 1 aliphatic heterocycles. The molecule has 0 bridgehead atoms. The van der Waals surface area contributed by atoms with Gasteiger partial charge >= 0.3 is 0 Å². The number of hydrogen-bond acceptors (Lipinski definition) is 4. The van der Waals surface area contributed by atoms with E-state index in [2.05, 4.69) is 15.6 Å². The van der Waals surface area contributed by atoms with Gasteiger partial charge in [-0.3, -0.25) is 9.59 Å². The number of ether oxygens (including phenoxy) is 1. The van der Waals surface area contributed by atoms with E-state index in [1.807, 2.05) is 13.0 Å². The summed E-state index contributed by atoms with van der Waals surface area (Å²) in [5.74, 6) is 0.177. The number of carbonyl (C=O) groups excluding carboxylic acids is 2. The van der Waals surface area contributed by atoms with Crippen LogP contribution < -0.4 is 15.4 Å². The lowest BCUT2D eigenvalue weighted by molar-refractivity contribution is -0.118. The molecule has 1 aromatic heterocycles. The van der Waals surface area contributed by atoms with E-state index in [1.54, 1.807) is 30.5 Å². The highest BCUT2D eigenvalue weighted by atomic mass is 32.1. The van der Waals surface area contributed by atoms with E-state index in [-0.39, 0.29) is 24.5 Å². The van der Waals surface area contributed by atoms with E-state index in [0.29, 0.717) is 21.6 Å². The number of carbonyl (C=O) groups is 2. The molecule has 2 amide bonds. The third-order valence-corrected chi connectivity index (χ3v) is 3.88. The molecule has 2 aromatic rings. The van der Waals surface area contributed by atoms with Crippen molar-refractivity contribution < 1.29 is 14.3 Å². The molecule has 0 saturated carbocycles. The van der Waals surface area contributed by atoms with Gasteiger partial charge in [0.2, 0.25) is 0 Å². The van der Waals surface area contributed by atoms with Crippen LogP contribution in [0.4, 0.5) is 5.69 Å².